The van der Waals surface area contributed by atoms with Gasteiger partial charge in [0.1, 0.15) is 0 Å². The zero-order chi connectivity index (χ0) is 20.4. The summed E-state index contributed by atoms with van der Waals surface area (Å²) in [4.78, 5) is 17.2. The van der Waals surface area contributed by atoms with E-state index in [1.807, 2.05) is 37.4 Å². The Balaban J connectivity index is 1.33. The zero-order valence-corrected chi connectivity index (χ0v) is 16.7. The van der Waals surface area contributed by atoms with E-state index in [0.717, 1.165) is 50.1 Å². The van der Waals surface area contributed by atoms with E-state index < -0.39 is 11.6 Å². The van der Waals surface area contributed by atoms with E-state index >= 15 is 0 Å². The summed E-state index contributed by atoms with van der Waals surface area (Å²) in [6.07, 6.45) is 2.88. The highest BCUT2D eigenvalue weighted by molar-refractivity contribution is 5.95. The van der Waals surface area contributed by atoms with Crippen molar-refractivity contribution in [2.75, 3.05) is 32.0 Å². The maximum absolute atomic E-state index is 13.5. The van der Waals surface area contributed by atoms with E-state index in [9.17, 15) is 13.6 Å². The standard InChI is InChI=1S/C23H27F2N3O/c1-27-16-23(14-21(27)22(29)26-18-5-3-2-4-6-18)9-11-28(12-10-23)15-17-7-8-19(24)20(25)13-17/h2-8,13,21H,9-12,14-16H2,1H3,(H,26,29). The van der Waals surface area contributed by atoms with Crippen LogP contribution in [0.15, 0.2) is 48.5 Å². The maximum Gasteiger partial charge on any atom is 0.241 e. The highest BCUT2D eigenvalue weighted by atomic mass is 19.2. The van der Waals surface area contributed by atoms with Gasteiger partial charge >= 0.3 is 0 Å². The van der Waals surface area contributed by atoms with Crippen LogP contribution in [0.5, 0.6) is 0 Å². The normalized spacial score (nSPS) is 22.1. The van der Waals surface area contributed by atoms with E-state index in [1.165, 1.54) is 12.1 Å². The monoisotopic (exact) mass is 399 g/mol. The molecule has 154 valence electrons. The van der Waals surface area contributed by atoms with Gasteiger partial charge in [0.25, 0.3) is 0 Å². The molecular weight excluding hydrogens is 372 g/mol. The minimum Gasteiger partial charge on any atom is -0.325 e. The zero-order valence-electron chi connectivity index (χ0n) is 16.7. The average molecular weight is 399 g/mol. The second-order valence-electron chi connectivity index (χ2n) is 8.51. The van der Waals surface area contributed by atoms with Gasteiger partial charge in [-0.2, -0.15) is 0 Å². The lowest BCUT2D eigenvalue weighted by molar-refractivity contribution is -0.120. The summed E-state index contributed by atoms with van der Waals surface area (Å²) in [6.45, 7) is 3.35. The van der Waals surface area contributed by atoms with Gasteiger partial charge in [0.2, 0.25) is 5.91 Å². The van der Waals surface area contributed by atoms with Crippen molar-refractivity contribution < 1.29 is 13.6 Å². The Morgan fingerprint density at radius 2 is 1.83 bits per heavy atom. The lowest BCUT2D eigenvalue weighted by atomic mass is 9.76. The molecule has 6 heteroatoms. The summed E-state index contributed by atoms with van der Waals surface area (Å²) >= 11 is 0. The molecule has 2 aromatic carbocycles. The van der Waals surface area contributed by atoms with E-state index in [0.29, 0.717) is 6.54 Å². The van der Waals surface area contributed by atoms with Crippen LogP contribution in [-0.4, -0.2) is 48.4 Å². The molecule has 1 amide bonds. The number of carbonyl (C=O) groups is 1. The number of nitrogens with zero attached hydrogens (tertiary/aromatic N) is 2. The minimum atomic E-state index is -0.805. The highest BCUT2D eigenvalue weighted by Crippen LogP contribution is 2.43. The number of benzene rings is 2. The van der Waals surface area contributed by atoms with E-state index in [4.69, 9.17) is 0 Å². The van der Waals surface area contributed by atoms with Crippen LogP contribution in [-0.2, 0) is 11.3 Å². The number of para-hydroxylation sites is 1. The van der Waals surface area contributed by atoms with Crippen LogP contribution < -0.4 is 5.32 Å². The van der Waals surface area contributed by atoms with Crippen LogP contribution in [0.2, 0.25) is 0 Å². The second kappa shape index (κ2) is 8.20. The van der Waals surface area contributed by atoms with Crippen LogP contribution in [0.25, 0.3) is 0 Å². The fourth-order valence-electron chi connectivity index (χ4n) is 4.75. The minimum absolute atomic E-state index is 0.0554. The first kappa shape index (κ1) is 20.0. The highest BCUT2D eigenvalue weighted by Gasteiger charge is 2.46. The van der Waals surface area contributed by atoms with Gasteiger partial charge in [-0.25, -0.2) is 8.78 Å². The number of likely N-dealkylation sites (tertiary alicyclic amines) is 2. The molecule has 0 radical (unpaired) electrons. The predicted octanol–water partition coefficient (Wildman–Crippen LogP) is 3.89. The molecule has 1 unspecified atom stereocenters. The van der Waals surface area contributed by atoms with Gasteiger partial charge in [-0.05, 0) is 74.6 Å². The lowest BCUT2D eigenvalue weighted by Crippen LogP contribution is -2.40. The molecule has 2 saturated heterocycles. The van der Waals surface area contributed by atoms with E-state index in [2.05, 4.69) is 15.1 Å². The molecule has 4 rings (SSSR count). The summed E-state index contributed by atoms with van der Waals surface area (Å²) < 4.78 is 26.6. The van der Waals surface area contributed by atoms with Crippen molar-refractivity contribution in [3.8, 4) is 0 Å². The molecule has 0 aliphatic carbocycles. The molecule has 1 N–H and O–H groups in total. The number of likely N-dealkylation sites (N-methyl/N-ethyl adjacent to an activating group) is 1. The fourth-order valence-corrected chi connectivity index (χ4v) is 4.75. The molecule has 0 aromatic heterocycles. The number of rotatable bonds is 4. The van der Waals surface area contributed by atoms with Crippen molar-refractivity contribution in [1.82, 2.24) is 9.80 Å². The maximum atomic E-state index is 13.5. The third kappa shape index (κ3) is 4.49. The number of hydrogen-bond acceptors (Lipinski definition) is 3. The van der Waals surface area contributed by atoms with Crippen LogP contribution in [0.3, 0.4) is 0 Å². The summed E-state index contributed by atoms with van der Waals surface area (Å²) in [7, 11) is 2.03. The molecule has 2 aliphatic rings. The van der Waals surface area contributed by atoms with E-state index in [-0.39, 0.29) is 17.4 Å². The molecule has 1 spiro atoms. The van der Waals surface area contributed by atoms with Crippen LogP contribution >= 0.6 is 0 Å². The summed E-state index contributed by atoms with van der Waals surface area (Å²) in [5, 5.41) is 3.03. The average Bonchev–Trinajstić information content (AvgIpc) is 3.04. The summed E-state index contributed by atoms with van der Waals surface area (Å²) in [6, 6.07) is 13.6. The summed E-state index contributed by atoms with van der Waals surface area (Å²) in [5.74, 6) is -1.54. The molecule has 2 heterocycles. The number of halogens is 2. The van der Waals surface area contributed by atoms with E-state index in [1.54, 1.807) is 6.07 Å². The third-order valence-corrected chi connectivity index (χ3v) is 6.39. The Bertz CT molecular complexity index is 866. The number of carbonyl (C=O) groups excluding carboxylic acids is 1. The number of nitrogens with one attached hydrogen (secondary N) is 1. The first-order valence-corrected chi connectivity index (χ1v) is 10.2. The number of anilines is 1. The first-order valence-electron chi connectivity index (χ1n) is 10.2. The Labute approximate surface area is 170 Å². The number of piperidine rings is 1. The summed E-state index contributed by atoms with van der Waals surface area (Å²) in [5.41, 5.74) is 1.77. The Hall–Kier alpha value is -2.31. The molecular formula is C23H27F2N3O. The molecule has 0 saturated carbocycles. The van der Waals surface area contributed by atoms with Crippen molar-refractivity contribution in [3.05, 3.63) is 65.7 Å². The SMILES string of the molecule is CN1CC2(CCN(Cc3ccc(F)c(F)c3)CC2)CC1C(=O)Nc1ccccc1. The molecule has 1 atom stereocenters. The largest absolute Gasteiger partial charge is 0.325 e. The van der Waals surface area contributed by atoms with Crippen LogP contribution in [0.4, 0.5) is 14.5 Å². The van der Waals surface area contributed by atoms with Gasteiger partial charge in [-0.3, -0.25) is 14.6 Å². The molecule has 0 bridgehead atoms. The van der Waals surface area contributed by atoms with Gasteiger partial charge in [-0.15, -0.1) is 0 Å². The Morgan fingerprint density at radius 3 is 2.52 bits per heavy atom. The number of amides is 1. The van der Waals surface area contributed by atoms with Crippen molar-refractivity contribution in [2.24, 2.45) is 5.41 Å². The molecule has 2 aromatic rings. The van der Waals surface area contributed by atoms with Crippen LogP contribution in [0, 0.1) is 17.0 Å². The van der Waals surface area contributed by atoms with Crippen molar-refractivity contribution in [1.29, 1.82) is 0 Å². The van der Waals surface area contributed by atoms with Crippen molar-refractivity contribution in [2.45, 2.75) is 31.8 Å². The topological polar surface area (TPSA) is 35.6 Å². The number of hydrogen-bond donors (Lipinski definition) is 1. The van der Waals surface area contributed by atoms with Crippen LogP contribution in [0.1, 0.15) is 24.8 Å². The van der Waals surface area contributed by atoms with Crippen molar-refractivity contribution >= 4 is 11.6 Å². The molecule has 2 aliphatic heterocycles. The first-order chi connectivity index (χ1) is 13.9. The quantitative estimate of drug-likeness (QED) is 0.847. The Kier molecular flexibility index (Phi) is 5.65. The van der Waals surface area contributed by atoms with Gasteiger partial charge in [0.05, 0.1) is 6.04 Å². The third-order valence-electron chi connectivity index (χ3n) is 6.39. The van der Waals surface area contributed by atoms with Crippen molar-refractivity contribution in [3.63, 3.8) is 0 Å². The molecule has 2 fully saturated rings. The van der Waals surface area contributed by atoms with Gasteiger partial charge in [0.15, 0.2) is 11.6 Å². The molecule has 4 nitrogen and oxygen atoms in total. The lowest BCUT2D eigenvalue weighted by Gasteiger charge is -2.39. The van der Waals surface area contributed by atoms with Gasteiger partial charge in [0, 0.05) is 18.8 Å². The predicted molar refractivity (Wildman–Crippen MR) is 109 cm³/mol. The second-order valence-corrected chi connectivity index (χ2v) is 8.51. The van der Waals surface area contributed by atoms with Gasteiger partial charge in [-0.1, -0.05) is 24.3 Å². The Morgan fingerprint density at radius 1 is 1.10 bits per heavy atom. The smallest absolute Gasteiger partial charge is 0.241 e. The molecule has 29 heavy (non-hydrogen) atoms. The van der Waals surface area contributed by atoms with Gasteiger partial charge < -0.3 is 5.32 Å². The fraction of sp³-hybridized carbons (Fsp3) is 0.435.